The molecule has 3 rings (SSSR count). The predicted octanol–water partition coefficient (Wildman–Crippen LogP) is 3.41. The molecule has 0 spiro atoms. The Kier molecular flexibility index (Phi) is 4.74. The second-order valence-corrected chi connectivity index (χ2v) is 6.16. The van der Waals surface area contributed by atoms with Crippen LogP contribution >= 0.6 is 0 Å². The summed E-state index contributed by atoms with van der Waals surface area (Å²) in [6.07, 6.45) is 5.24. The van der Waals surface area contributed by atoms with Crippen LogP contribution in [0.25, 0.3) is 10.9 Å². The molecule has 0 aliphatic rings. The van der Waals surface area contributed by atoms with Gasteiger partial charge in [0.15, 0.2) is 0 Å². The maximum Gasteiger partial charge on any atom is 0.319 e. The molecule has 0 saturated heterocycles. The Bertz CT molecular complexity index is 826. The Morgan fingerprint density at radius 3 is 2.75 bits per heavy atom. The van der Waals surface area contributed by atoms with Crippen LogP contribution < -0.4 is 10.6 Å². The molecule has 0 fully saturated rings. The van der Waals surface area contributed by atoms with Crippen LogP contribution in [-0.4, -0.2) is 20.8 Å². The lowest BCUT2D eigenvalue weighted by Gasteiger charge is -2.09. The summed E-state index contributed by atoms with van der Waals surface area (Å²) in [6.45, 7) is 5.67. The lowest BCUT2D eigenvalue weighted by atomic mass is 10.2. The van der Waals surface area contributed by atoms with Crippen molar-refractivity contribution in [3.8, 4) is 0 Å². The molecule has 1 aromatic carbocycles. The molecule has 0 bridgehead atoms. The second kappa shape index (κ2) is 7.12. The fraction of sp³-hybridized carbons (Fsp3) is 0.278. The molecule has 3 aromatic rings. The molecule has 24 heavy (non-hydrogen) atoms. The summed E-state index contributed by atoms with van der Waals surface area (Å²) in [5.74, 6) is 0.532. The molecule has 0 unspecified atom stereocenters. The Hall–Kier alpha value is -2.89. The first-order chi connectivity index (χ1) is 11.6. The van der Waals surface area contributed by atoms with E-state index in [1.165, 1.54) is 0 Å². The molecule has 2 aromatic heterocycles. The standard InChI is InChI=1S/C18H21N5O/c1-13(2)12-23-17-4-3-16(9-15(17)11-21-23)22-18(24)20-10-14-5-7-19-8-6-14/h3-9,11,13H,10,12H2,1-2H3,(H2,20,22,24). The quantitative estimate of drug-likeness (QED) is 0.756. The topological polar surface area (TPSA) is 71.8 Å². The summed E-state index contributed by atoms with van der Waals surface area (Å²) in [5, 5.41) is 11.1. The maximum atomic E-state index is 12.0. The van der Waals surface area contributed by atoms with E-state index in [9.17, 15) is 4.79 Å². The zero-order valence-corrected chi connectivity index (χ0v) is 13.9. The van der Waals surface area contributed by atoms with Crippen molar-refractivity contribution >= 4 is 22.6 Å². The lowest BCUT2D eigenvalue weighted by molar-refractivity contribution is 0.251. The number of carbonyl (C=O) groups is 1. The van der Waals surface area contributed by atoms with Crippen LogP contribution in [0, 0.1) is 5.92 Å². The molecular weight excluding hydrogens is 302 g/mol. The Balaban J connectivity index is 1.63. The van der Waals surface area contributed by atoms with E-state index >= 15 is 0 Å². The molecule has 6 heteroatoms. The minimum Gasteiger partial charge on any atom is -0.334 e. The number of nitrogens with one attached hydrogen (secondary N) is 2. The van der Waals surface area contributed by atoms with Crippen LogP contribution in [0.1, 0.15) is 19.4 Å². The van der Waals surface area contributed by atoms with Crippen molar-refractivity contribution in [3.05, 3.63) is 54.5 Å². The van der Waals surface area contributed by atoms with Crippen molar-refractivity contribution in [1.82, 2.24) is 20.1 Å². The molecule has 124 valence electrons. The second-order valence-electron chi connectivity index (χ2n) is 6.16. The van der Waals surface area contributed by atoms with E-state index < -0.39 is 0 Å². The number of nitrogens with zero attached hydrogens (tertiary/aromatic N) is 3. The molecule has 0 radical (unpaired) electrons. The number of urea groups is 1. The number of hydrogen-bond acceptors (Lipinski definition) is 3. The molecule has 2 heterocycles. The molecule has 0 aliphatic heterocycles. The van der Waals surface area contributed by atoms with E-state index in [1.807, 2.05) is 41.2 Å². The van der Waals surface area contributed by atoms with Gasteiger partial charge in [-0.15, -0.1) is 0 Å². The van der Waals surface area contributed by atoms with Gasteiger partial charge in [0, 0.05) is 36.6 Å². The van der Waals surface area contributed by atoms with Crippen LogP contribution in [0.3, 0.4) is 0 Å². The smallest absolute Gasteiger partial charge is 0.319 e. The minimum atomic E-state index is -0.235. The summed E-state index contributed by atoms with van der Waals surface area (Å²) in [5.41, 5.74) is 2.83. The number of fused-ring (bicyclic) bond motifs is 1. The van der Waals surface area contributed by atoms with Gasteiger partial charge in [-0.2, -0.15) is 5.10 Å². The number of amides is 2. The largest absolute Gasteiger partial charge is 0.334 e. The Labute approximate surface area is 140 Å². The van der Waals surface area contributed by atoms with Gasteiger partial charge in [-0.05, 0) is 41.8 Å². The third-order valence-electron chi connectivity index (χ3n) is 3.64. The van der Waals surface area contributed by atoms with Crippen LogP contribution in [0.15, 0.2) is 48.9 Å². The van der Waals surface area contributed by atoms with E-state index in [0.29, 0.717) is 12.5 Å². The Morgan fingerprint density at radius 1 is 1.21 bits per heavy atom. The summed E-state index contributed by atoms with van der Waals surface area (Å²) in [6, 6.07) is 9.33. The molecule has 2 amide bonds. The number of hydrogen-bond donors (Lipinski definition) is 2. The Morgan fingerprint density at radius 2 is 2.00 bits per heavy atom. The van der Waals surface area contributed by atoms with Gasteiger partial charge >= 0.3 is 6.03 Å². The van der Waals surface area contributed by atoms with Crippen molar-refractivity contribution in [2.75, 3.05) is 5.32 Å². The monoisotopic (exact) mass is 323 g/mol. The average molecular weight is 323 g/mol. The highest BCUT2D eigenvalue weighted by Crippen LogP contribution is 2.19. The van der Waals surface area contributed by atoms with E-state index in [1.54, 1.807) is 12.4 Å². The normalized spacial score (nSPS) is 11.0. The van der Waals surface area contributed by atoms with Gasteiger partial charge < -0.3 is 10.6 Å². The van der Waals surface area contributed by atoms with Gasteiger partial charge in [-0.1, -0.05) is 13.8 Å². The van der Waals surface area contributed by atoms with Gasteiger partial charge in [0.05, 0.1) is 11.7 Å². The molecular formula is C18H21N5O. The van der Waals surface area contributed by atoms with Crippen LogP contribution in [-0.2, 0) is 13.1 Å². The van der Waals surface area contributed by atoms with Crippen molar-refractivity contribution in [1.29, 1.82) is 0 Å². The van der Waals surface area contributed by atoms with E-state index in [0.717, 1.165) is 28.7 Å². The zero-order valence-electron chi connectivity index (χ0n) is 13.9. The zero-order chi connectivity index (χ0) is 16.9. The first-order valence-electron chi connectivity index (χ1n) is 8.01. The number of carbonyl (C=O) groups excluding carboxylic acids is 1. The molecule has 0 aliphatic carbocycles. The molecule has 0 atom stereocenters. The van der Waals surface area contributed by atoms with Gasteiger partial charge in [0.25, 0.3) is 0 Å². The third kappa shape index (κ3) is 3.90. The number of rotatable bonds is 5. The summed E-state index contributed by atoms with van der Waals surface area (Å²) in [7, 11) is 0. The first kappa shape index (κ1) is 16.0. The highest BCUT2D eigenvalue weighted by Gasteiger charge is 2.07. The van der Waals surface area contributed by atoms with Gasteiger partial charge in [-0.3, -0.25) is 9.67 Å². The van der Waals surface area contributed by atoms with Crippen molar-refractivity contribution in [2.24, 2.45) is 5.92 Å². The highest BCUT2D eigenvalue weighted by atomic mass is 16.2. The third-order valence-corrected chi connectivity index (χ3v) is 3.64. The van der Waals surface area contributed by atoms with Crippen molar-refractivity contribution < 1.29 is 4.79 Å². The summed E-state index contributed by atoms with van der Waals surface area (Å²) < 4.78 is 1.99. The fourth-order valence-corrected chi connectivity index (χ4v) is 2.51. The van der Waals surface area contributed by atoms with Gasteiger partial charge in [0.1, 0.15) is 0 Å². The minimum absolute atomic E-state index is 0.235. The van der Waals surface area contributed by atoms with Gasteiger partial charge in [-0.25, -0.2) is 4.79 Å². The predicted molar refractivity (Wildman–Crippen MR) is 94.7 cm³/mol. The average Bonchev–Trinajstić information content (AvgIpc) is 2.95. The lowest BCUT2D eigenvalue weighted by Crippen LogP contribution is -2.28. The van der Waals surface area contributed by atoms with E-state index in [-0.39, 0.29) is 6.03 Å². The summed E-state index contributed by atoms with van der Waals surface area (Å²) in [4.78, 5) is 16.0. The van der Waals surface area contributed by atoms with Crippen molar-refractivity contribution in [3.63, 3.8) is 0 Å². The maximum absolute atomic E-state index is 12.0. The fourth-order valence-electron chi connectivity index (χ4n) is 2.51. The number of anilines is 1. The van der Waals surface area contributed by atoms with E-state index in [4.69, 9.17) is 0 Å². The molecule has 6 nitrogen and oxygen atoms in total. The highest BCUT2D eigenvalue weighted by molar-refractivity contribution is 5.92. The van der Waals surface area contributed by atoms with Crippen molar-refractivity contribution in [2.45, 2.75) is 26.9 Å². The number of aromatic nitrogens is 3. The SMILES string of the molecule is CC(C)Cn1ncc2cc(NC(=O)NCc3ccncc3)ccc21. The molecule has 0 saturated carbocycles. The summed E-state index contributed by atoms with van der Waals surface area (Å²) >= 11 is 0. The number of benzene rings is 1. The van der Waals surface area contributed by atoms with E-state index in [2.05, 4.69) is 34.6 Å². The number of pyridine rings is 1. The van der Waals surface area contributed by atoms with Crippen LogP contribution in [0.4, 0.5) is 10.5 Å². The molecule has 2 N–H and O–H groups in total. The van der Waals surface area contributed by atoms with Gasteiger partial charge in [0.2, 0.25) is 0 Å². The first-order valence-corrected chi connectivity index (χ1v) is 8.01. The van der Waals surface area contributed by atoms with Crippen LogP contribution in [0.5, 0.6) is 0 Å². The van der Waals surface area contributed by atoms with Crippen LogP contribution in [0.2, 0.25) is 0 Å².